The summed E-state index contributed by atoms with van der Waals surface area (Å²) in [6.07, 6.45) is 0. The Morgan fingerprint density at radius 2 is 0.397 bits per heavy atom. The van der Waals surface area contributed by atoms with Crippen LogP contribution >= 0.6 is 0 Å². The second-order valence-electron chi connectivity index (χ2n) is 32.8. The highest BCUT2D eigenvalue weighted by Crippen LogP contribution is 2.54. The van der Waals surface area contributed by atoms with Crippen molar-refractivity contribution in [2.75, 3.05) is 0 Å². The summed E-state index contributed by atoms with van der Waals surface area (Å²) >= 11 is 0. The van der Waals surface area contributed by atoms with Gasteiger partial charge in [0.15, 0.2) is 0 Å². The van der Waals surface area contributed by atoms with Crippen LogP contribution in [0.4, 0.5) is 0 Å². The Kier molecular flexibility index (Phi) is 12.8. The zero-order valence-corrected chi connectivity index (χ0v) is 69.4. The van der Waals surface area contributed by atoms with E-state index in [2.05, 4.69) is 0 Å². The molecule has 0 aliphatic heterocycles. The van der Waals surface area contributed by atoms with Crippen molar-refractivity contribution in [1.82, 2.24) is 0 Å². The molecular weight excluding hydrogens is 1590 g/mol. The number of rotatable bonds is 8. The third kappa shape index (κ3) is 12.4. The Bertz CT molecular complexity index is 10900. The van der Waals surface area contributed by atoms with Gasteiger partial charge >= 0.3 is 0 Å². The SMILES string of the molecule is [2H]c1c([2H])c([2H])c2c(-c3cccc4oc5cc6ccccc6cc5c34)c3c([2H])c([2H])c([2H])c([2H])c3c(-c3cc(-c4ccccc4)c4ccccc4c3)c2c1[2H].[2H]c1c([2H])c([2H])c2c(-c3cccc4oc5cc6ccccc6cc5c34)c3c([2H])c([2H])c([2H])c([2H])c3c(-c3ccc(-c4ccccc4)cc3)c2c1[2H].[2H]c1c([2H])c([2H])c2c(-c3cccc4oc5cc6ccccc6cc5c34)c3c([2H])c([2H])c([2H])c([2H])c3c(-c3cccc4ccccc34)c2c1[2H]. The summed E-state index contributed by atoms with van der Waals surface area (Å²) < 4.78 is 238. The minimum absolute atomic E-state index is 0.163. The molecule has 0 radical (unpaired) electrons. The third-order valence-corrected chi connectivity index (χ3v) is 25.6. The molecule has 0 saturated heterocycles. The molecule has 3 nitrogen and oxygen atoms in total. The molecule has 0 bridgehead atoms. The van der Waals surface area contributed by atoms with Gasteiger partial charge in [0.1, 0.15) is 33.5 Å². The van der Waals surface area contributed by atoms with Crippen LogP contribution in [0, 0.1) is 0 Å². The molecule has 3 aromatic heterocycles. The molecule has 131 heavy (non-hydrogen) atoms. The monoisotopic (exact) mass is 1690 g/mol. The van der Waals surface area contributed by atoms with Crippen LogP contribution in [0.2, 0.25) is 0 Å². The normalized spacial score (nSPS) is 14.4. The van der Waals surface area contributed by atoms with Crippen LogP contribution in [0.25, 0.3) is 273 Å². The predicted octanol–water partition coefficient (Wildman–Crippen LogP) is 36.8. The fraction of sp³-hybridized carbons (Fsp3) is 0. The number of hydrogen-bond acceptors (Lipinski definition) is 3. The molecule has 28 aromatic rings. The largest absolute Gasteiger partial charge is 0.456 e. The molecule has 0 fully saturated rings. The minimum Gasteiger partial charge on any atom is -0.456 e. The molecule has 0 aliphatic rings. The highest BCUT2D eigenvalue weighted by atomic mass is 16.3. The molecule has 0 atom stereocenters. The van der Waals surface area contributed by atoms with Crippen molar-refractivity contribution in [2.24, 2.45) is 0 Å². The molecule has 0 aliphatic carbocycles. The Morgan fingerprint density at radius 1 is 0.137 bits per heavy atom. The molecule has 0 spiro atoms. The second kappa shape index (κ2) is 30.8. The van der Waals surface area contributed by atoms with Gasteiger partial charge in [-0.3, -0.25) is 0 Å². The smallest absolute Gasteiger partial charge is 0.136 e. The molecule has 3 heteroatoms. The Labute approximate surface area is 788 Å². The molecular formula is C128H78O3. The Hall–Kier alpha value is -17.2. The van der Waals surface area contributed by atoms with E-state index in [0.29, 0.717) is 116 Å². The zero-order chi connectivity index (χ0) is 107. The van der Waals surface area contributed by atoms with Crippen molar-refractivity contribution < 1.29 is 46.1 Å². The molecule has 0 unspecified atom stereocenters. The Morgan fingerprint density at radius 3 is 0.771 bits per heavy atom. The van der Waals surface area contributed by atoms with Crippen molar-refractivity contribution in [2.45, 2.75) is 0 Å². The third-order valence-electron chi connectivity index (χ3n) is 25.6. The van der Waals surface area contributed by atoms with E-state index in [1.807, 2.05) is 309 Å². The highest BCUT2D eigenvalue weighted by Gasteiger charge is 2.27. The maximum Gasteiger partial charge on any atom is 0.136 e. The first-order valence-corrected chi connectivity index (χ1v) is 43.1. The van der Waals surface area contributed by atoms with Crippen molar-refractivity contribution in [3.05, 3.63) is 473 Å². The fourth-order valence-electron chi connectivity index (χ4n) is 19.9. The number of fused-ring (bicyclic) bond motifs is 20. The van der Waals surface area contributed by atoms with Gasteiger partial charge in [0.25, 0.3) is 0 Å². The first-order chi connectivity index (χ1) is 75.0. The quantitative estimate of drug-likeness (QED) is 0.142. The average Bonchev–Trinajstić information content (AvgIpc) is 1.53. The lowest BCUT2D eigenvalue weighted by Gasteiger charge is -2.19. The summed E-state index contributed by atoms with van der Waals surface area (Å²) in [4.78, 5) is 0. The van der Waals surface area contributed by atoms with Gasteiger partial charge in [0, 0.05) is 32.3 Å². The van der Waals surface area contributed by atoms with E-state index in [9.17, 15) is 16.4 Å². The molecule has 28 rings (SSSR count). The van der Waals surface area contributed by atoms with Gasteiger partial charge in [0.05, 0.1) is 32.9 Å². The number of furan rings is 3. The van der Waals surface area contributed by atoms with Gasteiger partial charge in [-0.1, -0.05) is 406 Å². The summed E-state index contributed by atoms with van der Waals surface area (Å²) in [6, 6.07) is 95.6. The van der Waals surface area contributed by atoms with Crippen LogP contribution in [0.5, 0.6) is 0 Å². The van der Waals surface area contributed by atoms with Crippen LogP contribution < -0.4 is 0 Å². The first kappa shape index (κ1) is 54.6. The van der Waals surface area contributed by atoms with E-state index >= 15 is 0 Å². The van der Waals surface area contributed by atoms with Gasteiger partial charge in [-0.25, -0.2) is 0 Å². The van der Waals surface area contributed by atoms with Crippen molar-refractivity contribution in [1.29, 1.82) is 0 Å². The topological polar surface area (TPSA) is 39.4 Å². The van der Waals surface area contributed by atoms with E-state index in [0.717, 1.165) is 92.3 Å². The van der Waals surface area contributed by atoms with Gasteiger partial charge in [-0.15, -0.1) is 0 Å². The summed E-state index contributed by atoms with van der Waals surface area (Å²) in [6.45, 7) is 0. The van der Waals surface area contributed by atoms with Crippen LogP contribution in [0.15, 0.2) is 486 Å². The molecule has 3 heterocycles. The minimum atomic E-state index is -0.441. The lowest BCUT2D eigenvalue weighted by Crippen LogP contribution is -1.92. The molecule has 608 valence electrons. The van der Waals surface area contributed by atoms with Crippen LogP contribution in [0.1, 0.15) is 32.9 Å². The summed E-state index contributed by atoms with van der Waals surface area (Å²) in [5.41, 5.74) is 12.4. The van der Waals surface area contributed by atoms with E-state index in [1.165, 1.54) is 0 Å². The lowest BCUT2D eigenvalue weighted by atomic mass is 9.83. The lowest BCUT2D eigenvalue weighted by molar-refractivity contribution is 0.669. The van der Waals surface area contributed by atoms with Crippen molar-refractivity contribution in [3.63, 3.8) is 0 Å². The van der Waals surface area contributed by atoms with Crippen molar-refractivity contribution >= 4 is 184 Å². The maximum atomic E-state index is 9.51. The van der Waals surface area contributed by atoms with Crippen LogP contribution in [-0.2, 0) is 0 Å². The summed E-state index contributed by atoms with van der Waals surface area (Å²) in [5.74, 6) is 0. The highest BCUT2D eigenvalue weighted by molar-refractivity contribution is 6.31. The fourth-order valence-corrected chi connectivity index (χ4v) is 19.9. The van der Waals surface area contributed by atoms with Crippen molar-refractivity contribution in [3.8, 4) is 89.0 Å². The predicted molar refractivity (Wildman–Crippen MR) is 557 cm³/mol. The van der Waals surface area contributed by atoms with E-state index < -0.39 is 72.5 Å². The summed E-state index contributed by atoms with van der Waals surface area (Å²) in [5, 5.41) is 15.9. The average molecular weight is 1690 g/mol. The molecule has 25 aromatic carbocycles. The van der Waals surface area contributed by atoms with Crippen LogP contribution in [-0.4, -0.2) is 0 Å². The standard InChI is InChI=1S/C46H28O.C42H26O.C40H24O/c1-2-13-29(14-3-1)40-27-33(25-32-17-6-7-18-34(32)40)44-35-19-8-10-21-37(35)45(38-22-11-9-20-36(38)44)39-23-12-24-42-46(39)41-26-30-15-4-5-16-31(30)28-43(41)47-42;1-2-11-27(12-3-1)28-21-23-29(24-22-28)40-32-15-6-8-17-34(32)41(35-18-9-7-16-33(35)40)36-19-10-20-38-42(36)37-25-30-13-4-5-14-31(30)26-39(37)43-38;1-2-13-27-24-37-35(23-26(27)12-1)40-34(21-10-22-36(40)41-37)39-32-18-7-5-16-30(32)38(31-17-6-8-19-33(31)39)29-20-9-14-25-11-3-4-15-28(25)29/h1-28H;1-26H;1-24H/i8D,9D,10D,11D,19D,20D,21D,22D;6D,7D,8D,9D,15D,16D,17D,18D;5D,6D,7D,8D,16D,17D,18D,19D. The van der Waals surface area contributed by atoms with Gasteiger partial charge in [0.2, 0.25) is 0 Å². The molecule has 0 saturated carbocycles. The Balaban J connectivity index is 0.000000116. The number of hydrogen-bond donors (Lipinski definition) is 0. The number of benzene rings is 25. The van der Waals surface area contributed by atoms with E-state index in [1.54, 1.807) is 18.2 Å². The molecule has 0 N–H and O–H groups in total. The zero-order valence-electron chi connectivity index (χ0n) is 93.4. The van der Waals surface area contributed by atoms with Gasteiger partial charge in [-0.2, -0.15) is 0 Å². The molecule has 0 amide bonds. The maximum absolute atomic E-state index is 9.51. The van der Waals surface area contributed by atoms with Crippen LogP contribution in [0.3, 0.4) is 0 Å². The summed E-state index contributed by atoms with van der Waals surface area (Å²) in [7, 11) is 0. The van der Waals surface area contributed by atoms with Gasteiger partial charge < -0.3 is 13.3 Å². The van der Waals surface area contributed by atoms with Gasteiger partial charge in [-0.05, 0) is 274 Å². The first-order valence-electron chi connectivity index (χ1n) is 55.1. The van der Waals surface area contributed by atoms with E-state index in [4.69, 9.17) is 29.7 Å². The second-order valence-corrected chi connectivity index (χ2v) is 32.8. The van der Waals surface area contributed by atoms with E-state index in [-0.39, 0.29) is 137 Å².